The molecule has 0 aliphatic rings. The highest BCUT2D eigenvalue weighted by Crippen LogP contribution is 2.05. The van der Waals surface area contributed by atoms with E-state index in [4.69, 9.17) is 9.47 Å². The average Bonchev–Trinajstić information content (AvgIpc) is 2.51. The highest BCUT2D eigenvalue weighted by molar-refractivity contribution is 5.59. The van der Waals surface area contributed by atoms with Gasteiger partial charge in [-0.25, -0.2) is 4.79 Å². The zero-order chi connectivity index (χ0) is 15.2. The topological polar surface area (TPSA) is 35.5 Å². The van der Waals surface area contributed by atoms with E-state index in [1.54, 1.807) is 0 Å². The van der Waals surface area contributed by atoms with E-state index in [1.165, 1.54) is 24.8 Å². The van der Waals surface area contributed by atoms with Crippen LogP contribution >= 0.6 is 0 Å². The van der Waals surface area contributed by atoms with Crippen molar-refractivity contribution in [2.75, 3.05) is 13.2 Å². The summed E-state index contributed by atoms with van der Waals surface area (Å²) in [4.78, 5) is 11.3. The van der Waals surface area contributed by atoms with Crippen LogP contribution in [0.3, 0.4) is 0 Å². The van der Waals surface area contributed by atoms with E-state index in [1.807, 2.05) is 18.2 Å². The molecular formula is C18H28O3. The lowest BCUT2D eigenvalue weighted by Crippen LogP contribution is -2.09. The summed E-state index contributed by atoms with van der Waals surface area (Å²) in [5.74, 6) is 0. The molecule has 0 bridgehead atoms. The van der Waals surface area contributed by atoms with Gasteiger partial charge < -0.3 is 9.47 Å². The summed E-state index contributed by atoms with van der Waals surface area (Å²) < 4.78 is 10.1. The van der Waals surface area contributed by atoms with E-state index in [0.29, 0.717) is 13.2 Å². The van der Waals surface area contributed by atoms with Crippen molar-refractivity contribution in [2.24, 2.45) is 0 Å². The lowest BCUT2D eigenvalue weighted by atomic mass is 10.1. The molecule has 3 nitrogen and oxygen atoms in total. The van der Waals surface area contributed by atoms with Crippen molar-refractivity contribution < 1.29 is 14.3 Å². The third kappa shape index (κ3) is 9.94. The van der Waals surface area contributed by atoms with Gasteiger partial charge in [-0.3, -0.25) is 0 Å². The Morgan fingerprint density at radius 1 is 0.857 bits per heavy atom. The highest BCUT2D eigenvalue weighted by atomic mass is 16.7. The minimum Gasteiger partial charge on any atom is -0.434 e. The lowest BCUT2D eigenvalue weighted by molar-refractivity contribution is 0.0530. The Bertz CT molecular complexity index is 362. The van der Waals surface area contributed by atoms with Crippen LogP contribution in [0.25, 0.3) is 0 Å². The average molecular weight is 292 g/mol. The molecule has 118 valence electrons. The van der Waals surface area contributed by atoms with Crippen LogP contribution in [0.15, 0.2) is 30.3 Å². The van der Waals surface area contributed by atoms with E-state index in [-0.39, 0.29) is 0 Å². The van der Waals surface area contributed by atoms with Crippen LogP contribution in [0.2, 0.25) is 0 Å². The number of benzene rings is 1. The molecule has 1 aromatic carbocycles. The summed E-state index contributed by atoms with van der Waals surface area (Å²) >= 11 is 0. The van der Waals surface area contributed by atoms with Gasteiger partial charge in [0.2, 0.25) is 0 Å². The molecule has 0 aromatic heterocycles. The van der Waals surface area contributed by atoms with Crippen LogP contribution in [0.5, 0.6) is 0 Å². The van der Waals surface area contributed by atoms with Gasteiger partial charge in [0.15, 0.2) is 0 Å². The first kappa shape index (κ1) is 17.5. The first-order valence-corrected chi connectivity index (χ1v) is 8.16. The number of rotatable bonds is 11. The quantitative estimate of drug-likeness (QED) is 0.419. The Kier molecular flexibility index (Phi) is 10.2. The second kappa shape index (κ2) is 12.2. The zero-order valence-corrected chi connectivity index (χ0v) is 13.2. The van der Waals surface area contributed by atoms with E-state index in [9.17, 15) is 4.79 Å². The van der Waals surface area contributed by atoms with Crippen LogP contribution < -0.4 is 0 Å². The smallest absolute Gasteiger partial charge is 0.434 e. The standard InChI is InChI=1S/C18H28O3/c1-2-3-4-5-10-15-20-18(19)21-16-11-9-14-17-12-7-6-8-13-17/h6-8,12-13H,2-5,9-11,14-16H2,1H3. The molecule has 1 aromatic rings. The molecule has 0 atom stereocenters. The monoisotopic (exact) mass is 292 g/mol. The molecule has 0 unspecified atom stereocenters. The van der Waals surface area contributed by atoms with E-state index in [0.717, 1.165) is 32.1 Å². The van der Waals surface area contributed by atoms with Gasteiger partial charge in [0.25, 0.3) is 0 Å². The molecule has 0 N–H and O–H groups in total. The van der Waals surface area contributed by atoms with Crippen LogP contribution in [0.1, 0.15) is 57.4 Å². The predicted octanol–water partition coefficient (Wildman–Crippen LogP) is 5.13. The summed E-state index contributed by atoms with van der Waals surface area (Å²) in [6.07, 6.45) is 8.16. The molecule has 0 fully saturated rings. The molecule has 0 aliphatic carbocycles. The first-order chi connectivity index (χ1) is 10.3. The summed E-state index contributed by atoms with van der Waals surface area (Å²) in [5.41, 5.74) is 1.33. The van der Waals surface area contributed by atoms with Gasteiger partial charge >= 0.3 is 6.16 Å². The van der Waals surface area contributed by atoms with Crippen molar-refractivity contribution in [3.05, 3.63) is 35.9 Å². The highest BCUT2D eigenvalue weighted by Gasteiger charge is 2.03. The second-order valence-corrected chi connectivity index (χ2v) is 5.30. The molecular weight excluding hydrogens is 264 g/mol. The van der Waals surface area contributed by atoms with E-state index >= 15 is 0 Å². The van der Waals surface area contributed by atoms with Gasteiger partial charge in [-0.15, -0.1) is 0 Å². The fourth-order valence-electron chi connectivity index (χ4n) is 2.13. The minimum absolute atomic E-state index is 0.446. The number of unbranched alkanes of at least 4 members (excludes halogenated alkanes) is 5. The van der Waals surface area contributed by atoms with Gasteiger partial charge in [-0.05, 0) is 31.2 Å². The molecule has 0 aliphatic heterocycles. The van der Waals surface area contributed by atoms with Gasteiger partial charge in [0.1, 0.15) is 0 Å². The molecule has 0 saturated carbocycles. The SMILES string of the molecule is CCCCCCCOC(=O)OCCCCc1ccccc1. The van der Waals surface area contributed by atoms with Gasteiger partial charge in [0.05, 0.1) is 13.2 Å². The molecule has 0 heterocycles. The van der Waals surface area contributed by atoms with Crippen LogP contribution in [-0.4, -0.2) is 19.4 Å². The fraction of sp³-hybridized carbons (Fsp3) is 0.611. The van der Waals surface area contributed by atoms with Crippen molar-refractivity contribution in [3.8, 4) is 0 Å². The maximum Gasteiger partial charge on any atom is 0.508 e. The first-order valence-electron chi connectivity index (χ1n) is 8.16. The number of ether oxygens (including phenoxy) is 2. The van der Waals surface area contributed by atoms with Crippen LogP contribution in [0, 0.1) is 0 Å². The maximum atomic E-state index is 11.3. The summed E-state index contributed by atoms with van der Waals surface area (Å²) in [6, 6.07) is 10.3. The molecule has 0 radical (unpaired) electrons. The van der Waals surface area contributed by atoms with E-state index in [2.05, 4.69) is 19.1 Å². The van der Waals surface area contributed by atoms with Crippen LogP contribution in [-0.2, 0) is 15.9 Å². The summed E-state index contributed by atoms with van der Waals surface area (Å²) in [5, 5.41) is 0. The third-order valence-corrected chi connectivity index (χ3v) is 3.39. The Labute approximate surface area is 128 Å². The Morgan fingerprint density at radius 2 is 1.48 bits per heavy atom. The zero-order valence-electron chi connectivity index (χ0n) is 13.2. The van der Waals surface area contributed by atoms with Crippen molar-refractivity contribution in [1.82, 2.24) is 0 Å². The van der Waals surface area contributed by atoms with Gasteiger partial charge in [0, 0.05) is 0 Å². The number of hydrogen-bond acceptors (Lipinski definition) is 3. The van der Waals surface area contributed by atoms with Gasteiger partial charge in [-0.1, -0.05) is 62.9 Å². The second-order valence-electron chi connectivity index (χ2n) is 5.30. The Balaban J connectivity index is 1.89. The van der Waals surface area contributed by atoms with Crippen molar-refractivity contribution in [2.45, 2.75) is 58.3 Å². The molecule has 0 saturated heterocycles. The van der Waals surface area contributed by atoms with Crippen molar-refractivity contribution in [1.29, 1.82) is 0 Å². The normalized spacial score (nSPS) is 10.3. The molecule has 21 heavy (non-hydrogen) atoms. The number of carbonyl (C=O) groups excluding carboxylic acids is 1. The van der Waals surface area contributed by atoms with Crippen LogP contribution in [0.4, 0.5) is 4.79 Å². The molecule has 0 spiro atoms. The molecule has 0 amide bonds. The summed E-state index contributed by atoms with van der Waals surface area (Å²) in [7, 11) is 0. The lowest BCUT2D eigenvalue weighted by Gasteiger charge is -2.06. The molecule has 3 heteroatoms. The van der Waals surface area contributed by atoms with E-state index < -0.39 is 6.16 Å². The fourth-order valence-corrected chi connectivity index (χ4v) is 2.13. The van der Waals surface area contributed by atoms with Gasteiger partial charge in [-0.2, -0.15) is 0 Å². The number of hydrogen-bond donors (Lipinski definition) is 0. The summed E-state index contributed by atoms with van der Waals surface area (Å²) in [6.45, 7) is 3.11. The Hall–Kier alpha value is -1.51. The maximum absolute atomic E-state index is 11.3. The van der Waals surface area contributed by atoms with Crippen molar-refractivity contribution >= 4 is 6.16 Å². The Morgan fingerprint density at radius 3 is 2.14 bits per heavy atom. The predicted molar refractivity (Wildman–Crippen MR) is 85.4 cm³/mol. The molecule has 1 rings (SSSR count). The largest absolute Gasteiger partial charge is 0.508 e. The minimum atomic E-state index is -0.523. The van der Waals surface area contributed by atoms with Crippen molar-refractivity contribution in [3.63, 3.8) is 0 Å². The third-order valence-electron chi connectivity index (χ3n) is 3.39. The number of carbonyl (C=O) groups is 1. The number of aryl methyl sites for hydroxylation is 1.